The molecule has 23 heavy (non-hydrogen) atoms. The SMILES string of the molecule is COc1ccccc1C[NH2+][C@H](C)C(=O)Nc1ccc(F)cc1Cl. The monoisotopic (exact) mass is 337 g/mol. The standard InChI is InChI=1S/C17H18ClFN2O2/c1-11(20-10-12-5-3-4-6-16(12)23-2)17(22)21-15-8-7-13(19)9-14(15)18/h3-9,11,20H,10H2,1-2H3,(H,21,22)/p+1/t11-/m1/s1. The molecule has 0 aliphatic heterocycles. The van der Waals surface area contributed by atoms with E-state index in [0.717, 1.165) is 11.3 Å². The van der Waals surface area contributed by atoms with Crippen molar-refractivity contribution in [2.75, 3.05) is 12.4 Å². The highest BCUT2D eigenvalue weighted by atomic mass is 35.5. The number of nitrogens with one attached hydrogen (secondary N) is 1. The van der Waals surface area contributed by atoms with Crippen LogP contribution in [-0.2, 0) is 11.3 Å². The number of nitrogens with two attached hydrogens (primary N) is 1. The van der Waals surface area contributed by atoms with Gasteiger partial charge < -0.3 is 15.4 Å². The number of hydrogen-bond acceptors (Lipinski definition) is 2. The van der Waals surface area contributed by atoms with Crippen molar-refractivity contribution in [3.8, 4) is 5.75 Å². The van der Waals surface area contributed by atoms with Crippen molar-refractivity contribution in [2.24, 2.45) is 0 Å². The lowest BCUT2D eigenvalue weighted by atomic mass is 10.2. The van der Waals surface area contributed by atoms with Gasteiger partial charge in [-0.2, -0.15) is 0 Å². The number of para-hydroxylation sites is 1. The fourth-order valence-electron chi connectivity index (χ4n) is 2.12. The fourth-order valence-corrected chi connectivity index (χ4v) is 2.33. The Labute approximate surface area is 139 Å². The highest BCUT2D eigenvalue weighted by Gasteiger charge is 2.18. The summed E-state index contributed by atoms with van der Waals surface area (Å²) in [6.07, 6.45) is 0. The zero-order valence-electron chi connectivity index (χ0n) is 13.0. The van der Waals surface area contributed by atoms with Crippen molar-refractivity contribution in [2.45, 2.75) is 19.5 Å². The molecule has 0 radical (unpaired) electrons. The molecule has 1 atom stereocenters. The van der Waals surface area contributed by atoms with Crippen LogP contribution in [0.25, 0.3) is 0 Å². The van der Waals surface area contributed by atoms with E-state index in [-0.39, 0.29) is 17.0 Å². The third-order valence-electron chi connectivity index (χ3n) is 3.49. The van der Waals surface area contributed by atoms with Gasteiger partial charge in [0.25, 0.3) is 5.91 Å². The molecule has 1 amide bonds. The van der Waals surface area contributed by atoms with Crippen LogP contribution in [0.4, 0.5) is 10.1 Å². The van der Waals surface area contributed by atoms with Crippen LogP contribution < -0.4 is 15.4 Å². The van der Waals surface area contributed by atoms with Crippen molar-refractivity contribution in [3.05, 3.63) is 58.9 Å². The van der Waals surface area contributed by atoms with Gasteiger partial charge in [0.05, 0.1) is 17.8 Å². The first kappa shape index (κ1) is 17.2. The molecule has 122 valence electrons. The number of halogens is 2. The van der Waals surface area contributed by atoms with Gasteiger partial charge in [-0.1, -0.05) is 23.7 Å². The smallest absolute Gasteiger partial charge is 0.282 e. The minimum Gasteiger partial charge on any atom is -0.496 e. The van der Waals surface area contributed by atoms with Gasteiger partial charge in [0.1, 0.15) is 18.1 Å². The average molecular weight is 338 g/mol. The zero-order valence-corrected chi connectivity index (χ0v) is 13.7. The van der Waals surface area contributed by atoms with Crippen LogP contribution in [0.1, 0.15) is 12.5 Å². The molecular formula is C17H19ClFN2O2+. The first-order valence-electron chi connectivity index (χ1n) is 7.22. The molecule has 0 aromatic heterocycles. The van der Waals surface area contributed by atoms with Crippen molar-refractivity contribution < 1.29 is 19.2 Å². The Kier molecular flexibility index (Phi) is 5.96. The van der Waals surface area contributed by atoms with Crippen LogP contribution in [0.15, 0.2) is 42.5 Å². The number of ether oxygens (including phenoxy) is 1. The van der Waals surface area contributed by atoms with E-state index in [2.05, 4.69) is 5.32 Å². The van der Waals surface area contributed by atoms with E-state index in [1.165, 1.54) is 18.2 Å². The molecule has 0 saturated heterocycles. The number of hydrogen-bond donors (Lipinski definition) is 2. The van der Waals surface area contributed by atoms with Crippen molar-refractivity contribution in [3.63, 3.8) is 0 Å². The molecule has 2 aromatic rings. The second kappa shape index (κ2) is 7.94. The Hall–Kier alpha value is -2.11. The molecule has 0 unspecified atom stereocenters. The lowest BCUT2D eigenvalue weighted by molar-refractivity contribution is -0.688. The van der Waals surface area contributed by atoms with Crippen LogP contribution >= 0.6 is 11.6 Å². The van der Waals surface area contributed by atoms with Crippen molar-refractivity contribution in [1.29, 1.82) is 0 Å². The number of amides is 1. The van der Waals surface area contributed by atoms with Gasteiger partial charge in [-0.05, 0) is 37.3 Å². The topological polar surface area (TPSA) is 54.9 Å². The second-order valence-electron chi connectivity index (χ2n) is 5.15. The number of rotatable bonds is 6. The van der Waals surface area contributed by atoms with Crippen LogP contribution in [0, 0.1) is 5.82 Å². The Morgan fingerprint density at radius 1 is 1.35 bits per heavy atom. The van der Waals surface area contributed by atoms with Crippen molar-refractivity contribution in [1.82, 2.24) is 0 Å². The summed E-state index contributed by atoms with van der Waals surface area (Å²) in [5, 5.41) is 4.77. The Morgan fingerprint density at radius 2 is 2.09 bits per heavy atom. The fraction of sp³-hybridized carbons (Fsp3) is 0.235. The summed E-state index contributed by atoms with van der Waals surface area (Å²) in [6, 6.07) is 11.2. The van der Waals surface area contributed by atoms with E-state index in [0.29, 0.717) is 12.2 Å². The molecule has 0 saturated carbocycles. The molecule has 0 heterocycles. The number of carbonyl (C=O) groups is 1. The first-order chi connectivity index (χ1) is 11.0. The van der Waals surface area contributed by atoms with E-state index < -0.39 is 5.82 Å². The van der Waals surface area contributed by atoms with Crippen LogP contribution in [-0.4, -0.2) is 19.1 Å². The molecule has 0 aliphatic rings. The number of quaternary nitrogens is 1. The summed E-state index contributed by atoms with van der Waals surface area (Å²) < 4.78 is 18.3. The summed E-state index contributed by atoms with van der Waals surface area (Å²) in [7, 11) is 1.62. The molecule has 2 rings (SSSR count). The van der Waals surface area contributed by atoms with Gasteiger partial charge in [0.2, 0.25) is 0 Å². The molecule has 0 aliphatic carbocycles. The van der Waals surface area contributed by atoms with Crippen molar-refractivity contribution >= 4 is 23.2 Å². The summed E-state index contributed by atoms with van der Waals surface area (Å²) in [4.78, 5) is 12.2. The summed E-state index contributed by atoms with van der Waals surface area (Å²) >= 11 is 5.91. The molecule has 2 aromatic carbocycles. The number of anilines is 1. The van der Waals surface area contributed by atoms with E-state index in [1.807, 2.05) is 29.6 Å². The van der Waals surface area contributed by atoms with Crippen LogP contribution in [0.5, 0.6) is 5.75 Å². The first-order valence-corrected chi connectivity index (χ1v) is 7.60. The summed E-state index contributed by atoms with van der Waals surface area (Å²) in [5.74, 6) is 0.148. The predicted molar refractivity (Wildman–Crippen MR) is 88.1 cm³/mol. The van der Waals surface area contributed by atoms with Gasteiger partial charge in [-0.25, -0.2) is 4.39 Å². The second-order valence-corrected chi connectivity index (χ2v) is 5.56. The Morgan fingerprint density at radius 3 is 2.78 bits per heavy atom. The highest BCUT2D eigenvalue weighted by Crippen LogP contribution is 2.22. The van der Waals surface area contributed by atoms with Gasteiger partial charge in [-0.3, -0.25) is 4.79 Å². The lowest BCUT2D eigenvalue weighted by Crippen LogP contribution is -2.90. The Bertz CT molecular complexity index is 694. The molecule has 4 nitrogen and oxygen atoms in total. The van der Waals surface area contributed by atoms with Gasteiger partial charge in [-0.15, -0.1) is 0 Å². The zero-order chi connectivity index (χ0) is 16.8. The maximum atomic E-state index is 13.0. The predicted octanol–water partition coefficient (Wildman–Crippen LogP) is 2.58. The number of benzene rings is 2. The molecule has 3 N–H and O–H groups in total. The van der Waals surface area contributed by atoms with Crippen LogP contribution in [0.2, 0.25) is 5.02 Å². The van der Waals surface area contributed by atoms with Gasteiger partial charge >= 0.3 is 0 Å². The van der Waals surface area contributed by atoms with E-state index >= 15 is 0 Å². The highest BCUT2D eigenvalue weighted by molar-refractivity contribution is 6.33. The van der Waals surface area contributed by atoms with Gasteiger partial charge in [0, 0.05) is 5.56 Å². The minimum atomic E-state index is -0.441. The summed E-state index contributed by atoms with van der Waals surface area (Å²) in [5.41, 5.74) is 1.41. The largest absolute Gasteiger partial charge is 0.496 e. The molecule has 0 spiro atoms. The summed E-state index contributed by atoms with van der Waals surface area (Å²) in [6.45, 7) is 2.40. The molecule has 0 bridgehead atoms. The third kappa shape index (κ3) is 4.68. The minimum absolute atomic E-state index is 0.176. The van der Waals surface area contributed by atoms with Crippen LogP contribution in [0.3, 0.4) is 0 Å². The molecular weight excluding hydrogens is 319 g/mol. The third-order valence-corrected chi connectivity index (χ3v) is 3.80. The van der Waals surface area contributed by atoms with Gasteiger partial charge in [0.15, 0.2) is 6.04 Å². The molecule has 0 fully saturated rings. The quantitative estimate of drug-likeness (QED) is 0.851. The maximum absolute atomic E-state index is 13.0. The van der Waals surface area contributed by atoms with E-state index in [1.54, 1.807) is 14.0 Å². The lowest BCUT2D eigenvalue weighted by Gasteiger charge is -2.13. The number of methoxy groups -OCH3 is 1. The van der Waals surface area contributed by atoms with E-state index in [4.69, 9.17) is 16.3 Å². The maximum Gasteiger partial charge on any atom is 0.282 e. The normalized spacial score (nSPS) is 11.8. The Balaban J connectivity index is 1.95. The average Bonchev–Trinajstić information content (AvgIpc) is 2.55. The number of carbonyl (C=O) groups excluding carboxylic acids is 1. The van der Waals surface area contributed by atoms with E-state index in [9.17, 15) is 9.18 Å². The molecule has 6 heteroatoms.